The minimum absolute atomic E-state index is 0.0865. The highest BCUT2D eigenvalue weighted by atomic mass is 31.2. The number of rotatable bonds is 37. The zero-order valence-corrected chi connectivity index (χ0v) is 34.5. The lowest BCUT2D eigenvalue weighted by Gasteiger charge is -2.24. The zero-order chi connectivity index (χ0) is 37.7. The lowest BCUT2D eigenvalue weighted by atomic mass is 10.1. The van der Waals surface area contributed by atoms with Gasteiger partial charge in [-0.3, -0.25) is 13.8 Å². The van der Waals surface area contributed by atoms with Crippen LogP contribution in [0.1, 0.15) is 155 Å². The molecule has 0 bridgehead atoms. The molecule has 51 heavy (non-hydrogen) atoms. The molecule has 0 aromatic heterocycles. The van der Waals surface area contributed by atoms with E-state index in [1.165, 1.54) is 77.0 Å². The number of allylic oxidation sites excluding steroid dienone is 8. The molecule has 0 spiro atoms. The highest BCUT2D eigenvalue weighted by Gasteiger charge is 2.26. The normalized spacial score (nSPS) is 14.4. The molecule has 0 radical (unpaired) electrons. The van der Waals surface area contributed by atoms with Crippen molar-refractivity contribution in [2.24, 2.45) is 0 Å². The quantitative estimate of drug-likeness (QED) is 0.0223. The molecule has 2 atom stereocenters. The van der Waals surface area contributed by atoms with Gasteiger partial charge in [0.25, 0.3) is 0 Å². The third-order valence-corrected chi connectivity index (χ3v) is 9.39. The SMILES string of the molecule is CC/C=C\C/C=C\C/C=C\C/C=C\CCCCCCCCCCCOCC(COP(=O)(O)OCC[N+](C)(C)C)OC(=O)CCCCCCCCC. The Morgan fingerprint density at radius 1 is 0.627 bits per heavy atom. The van der Waals surface area contributed by atoms with Crippen molar-refractivity contribution in [1.82, 2.24) is 0 Å². The molecule has 0 amide bonds. The van der Waals surface area contributed by atoms with Gasteiger partial charge in [-0.05, 0) is 51.4 Å². The van der Waals surface area contributed by atoms with E-state index in [4.69, 9.17) is 18.5 Å². The van der Waals surface area contributed by atoms with Gasteiger partial charge in [-0.25, -0.2) is 4.57 Å². The van der Waals surface area contributed by atoms with Crippen molar-refractivity contribution < 1.29 is 37.3 Å². The van der Waals surface area contributed by atoms with Crippen LogP contribution in [0, 0.1) is 0 Å². The lowest BCUT2D eigenvalue weighted by molar-refractivity contribution is -0.870. The predicted molar refractivity (Wildman–Crippen MR) is 215 cm³/mol. The maximum absolute atomic E-state index is 12.5. The van der Waals surface area contributed by atoms with Crippen LogP contribution in [0.2, 0.25) is 0 Å². The molecular weight excluding hydrogens is 661 g/mol. The van der Waals surface area contributed by atoms with E-state index in [-0.39, 0.29) is 25.8 Å². The minimum atomic E-state index is -4.26. The third-order valence-electron chi connectivity index (χ3n) is 8.40. The molecule has 0 fully saturated rings. The minimum Gasteiger partial charge on any atom is -0.457 e. The Kier molecular flexibility index (Phi) is 34.4. The van der Waals surface area contributed by atoms with Crippen molar-refractivity contribution in [2.75, 3.05) is 54.1 Å². The molecule has 2 unspecified atom stereocenters. The molecule has 0 saturated heterocycles. The Morgan fingerprint density at radius 3 is 1.71 bits per heavy atom. The molecule has 298 valence electrons. The van der Waals surface area contributed by atoms with Crippen molar-refractivity contribution >= 4 is 13.8 Å². The molecule has 0 aliphatic rings. The maximum atomic E-state index is 12.5. The number of nitrogens with zero attached hydrogens (tertiary/aromatic N) is 1. The molecule has 8 nitrogen and oxygen atoms in total. The number of unbranched alkanes of at least 4 members (excludes halogenated alkanes) is 15. The van der Waals surface area contributed by atoms with Gasteiger partial charge < -0.3 is 18.9 Å². The smallest absolute Gasteiger partial charge is 0.457 e. The van der Waals surface area contributed by atoms with Gasteiger partial charge in [0, 0.05) is 13.0 Å². The summed E-state index contributed by atoms with van der Waals surface area (Å²) in [5.41, 5.74) is 0. The van der Waals surface area contributed by atoms with Gasteiger partial charge >= 0.3 is 13.8 Å². The van der Waals surface area contributed by atoms with Crippen LogP contribution in [0.4, 0.5) is 0 Å². The van der Waals surface area contributed by atoms with Crippen LogP contribution in [-0.4, -0.2) is 75.6 Å². The van der Waals surface area contributed by atoms with Crippen LogP contribution < -0.4 is 0 Å². The van der Waals surface area contributed by atoms with Crippen molar-refractivity contribution in [3.8, 4) is 0 Å². The van der Waals surface area contributed by atoms with E-state index in [0.29, 0.717) is 24.1 Å². The van der Waals surface area contributed by atoms with Crippen LogP contribution >= 0.6 is 7.82 Å². The van der Waals surface area contributed by atoms with Crippen LogP contribution in [0.15, 0.2) is 48.6 Å². The fourth-order valence-electron chi connectivity index (χ4n) is 5.25. The molecule has 0 rings (SSSR count). The van der Waals surface area contributed by atoms with E-state index >= 15 is 0 Å². The first-order valence-corrected chi connectivity index (χ1v) is 21.9. The molecule has 0 aromatic carbocycles. The van der Waals surface area contributed by atoms with E-state index in [1.54, 1.807) is 0 Å². The first-order chi connectivity index (χ1) is 24.6. The molecule has 0 aromatic rings. The number of phosphoric acid groups is 1. The Morgan fingerprint density at radius 2 is 1.14 bits per heavy atom. The summed E-state index contributed by atoms with van der Waals surface area (Å²) in [6.07, 6.45) is 41.6. The highest BCUT2D eigenvalue weighted by molar-refractivity contribution is 7.47. The summed E-state index contributed by atoms with van der Waals surface area (Å²) in [7, 11) is 1.66. The van der Waals surface area contributed by atoms with Gasteiger partial charge in [0.15, 0.2) is 0 Å². The van der Waals surface area contributed by atoms with Gasteiger partial charge in [-0.15, -0.1) is 0 Å². The molecule has 0 aliphatic carbocycles. The van der Waals surface area contributed by atoms with E-state index in [2.05, 4.69) is 62.5 Å². The first-order valence-electron chi connectivity index (χ1n) is 20.4. The highest BCUT2D eigenvalue weighted by Crippen LogP contribution is 2.43. The number of carbonyl (C=O) groups excluding carboxylic acids is 1. The summed E-state index contributed by atoms with van der Waals surface area (Å²) in [4.78, 5) is 22.7. The number of quaternary nitrogens is 1. The molecule has 1 N–H and O–H groups in total. The standard InChI is InChI=1S/C42H78NO7P/c1-6-8-10-12-14-15-16-17-18-19-20-21-22-23-24-25-26-27-28-30-32-34-37-47-39-41(40-49-51(45,46)48-38-36-43(3,4)5)50-42(44)35-33-31-29-13-11-9-7-2/h8,10,14-15,17-18,20-21,41H,6-7,9,11-13,16,19,22-40H2,1-5H3/p+1/b10-8-,15-14-,18-17-,21-20-. The number of phosphoric ester groups is 1. The topological polar surface area (TPSA) is 91.3 Å². The average Bonchev–Trinajstić information content (AvgIpc) is 3.08. The number of ether oxygens (including phenoxy) is 2. The summed E-state index contributed by atoms with van der Waals surface area (Å²) in [6, 6.07) is 0. The number of hydrogen-bond donors (Lipinski definition) is 1. The van der Waals surface area contributed by atoms with E-state index in [0.717, 1.165) is 57.8 Å². The van der Waals surface area contributed by atoms with Crippen molar-refractivity contribution in [3.63, 3.8) is 0 Å². The second-order valence-corrected chi connectivity index (χ2v) is 16.1. The molecule has 9 heteroatoms. The van der Waals surface area contributed by atoms with E-state index < -0.39 is 13.9 Å². The Balaban J connectivity index is 4.10. The molecular formula is C42H79NO7P+. The van der Waals surface area contributed by atoms with Gasteiger partial charge in [0.2, 0.25) is 0 Å². The second kappa shape index (κ2) is 35.5. The Hall–Kier alpha value is -1.54. The van der Waals surface area contributed by atoms with Crippen LogP contribution in [0.3, 0.4) is 0 Å². The maximum Gasteiger partial charge on any atom is 0.472 e. The summed E-state index contributed by atoms with van der Waals surface area (Å²) >= 11 is 0. The van der Waals surface area contributed by atoms with Gasteiger partial charge in [0.1, 0.15) is 19.3 Å². The number of esters is 1. The third kappa shape index (κ3) is 39.5. The molecule has 0 saturated carbocycles. The van der Waals surface area contributed by atoms with E-state index in [1.807, 2.05) is 21.1 Å². The van der Waals surface area contributed by atoms with Crippen molar-refractivity contribution in [1.29, 1.82) is 0 Å². The number of likely N-dealkylation sites (N-methyl/N-ethyl adjacent to an activating group) is 1. The van der Waals surface area contributed by atoms with Crippen molar-refractivity contribution in [2.45, 2.75) is 161 Å². The van der Waals surface area contributed by atoms with Crippen LogP contribution in [-0.2, 0) is 27.9 Å². The van der Waals surface area contributed by atoms with Crippen LogP contribution in [0.25, 0.3) is 0 Å². The summed E-state index contributed by atoms with van der Waals surface area (Å²) < 4.78 is 34.8. The summed E-state index contributed by atoms with van der Waals surface area (Å²) in [5.74, 6) is -0.325. The number of hydrogen-bond acceptors (Lipinski definition) is 6. The van der Waals surface area contributed by atoms with Crippen molar-refractivity contribution in [3.05, 3.63) is 48.6 Å². The van der Waals surface area contributed by atoms with Crippen LogP contribution in [0.5, 0.6) is 0 Å². The average molecular weight is 741 g/mol. The van der Waals surface area contributed by atoms with Gasteiger partial charge in [0.05, 0.1) is 34.4 Å². The fraction of sp³-hybridized carbons (Fsp3) is 0.786. The number of carbonyl (C=O) groups is 1. The first kappa shape index (κ1) is 49.5. The lowest BCUT2D eigenvalue weighted by Crippen LogP contribution is -2.37. The summed E-state index contributed by atoms with van der Waals surface area (Å²) in [6.45, 7) is 5.44. The molecule has 0 aliphatic heterocycles. The second-order valence-electron chi connectivity index (χ2n) is 14.6. The van der Waals surface area contributed by atoms with Gasteiger partial charge in [-0.1, -0.05) is 146 Å². The van der Waals surface area contributed by atoms with Gasteiger partial charge in [-0.2, -0.15) is 0 Å². The zero-order valence-electron chi connectivity index (χ0n) is 33.6. The molecule has 0 heterocycles. The Bertz CT molecular complexity index is 957. The largest absolute Gasteiger partial charge is 0.472 e. The Labute approximate surface area is 314 Å². The van der Waals surface area contributed by atoms with E-state index in [9.17, 15) is 14.3 Å². The predicted octanol–water partition coefficient (Wildman–Crippen LogP) is 11.6. The summed E-state index contributed by atoms with van der Waals surface area (Å²) in [5, 5.41) is 0. The monoisotopic (exact) mass is 741 g/mol. The fourth-order valence-corrected chi connectivity index (χ4v) is 5.99.